The first-order chi connectivity index (χ1) is 6.77. The minimum atomic E-state index is -0.379. The standard InChI is InChI=1S/C9H5ClOS.C2H6/c10-9(11)8-5-6-3-1-2-4-7(6)12-8;1-2/h1-5H;1-2H3. The molecular formula is C11H11ClOS. The van der Waals surface area contributed by atoms with Crippen LogP contribution in [0.2, 0.25) is 0 Å². The van der Waals surface area contributed by atoms with E-state index in [1.54, 1.807) is 0 Å². The van der Waals surface area contributed by atoms with Crippen LogP contribution in [-0.2, 0) is 0 Å². The van der Waals surface area contributed by atoms with Crippen molar-refractivity contribution in [3.63, 3.8) is 0 Å². The van der Waals surface area contributed by atoms with E-state index in [-0.39, 0.29) is 5.24 Å². The van der Waals surface area contributed by atoms with Crippen molar-refractivity contribution >= 4 is 38.3 Å². The molecule has 0 spiro atoms. The second-order valence-corrected chi connectivity index (χ2v) is 3.85. The van der Waals surface area contributed by atoms with E-state index < -0.39 is 0 Å². The van der Waals surface area contributed by atoms with E-state index in [0.717, 1.165) is 10.1 Å². The summed E-state index contributed by atoms with van der Waals surface area (Å²) in [5.74, 6) is 0. The van der Waals surface area contributed by atoms with Crippen LogP contribution in [0.25, 0.3) is 10.1 Å². The lowest BCUT2D eigenvalue weighted by Crippen LogP contribution is -1.78. The van der Waals surface area contributed by atoms with E-state index in [1.807, 2.05) is 44.2 Å². The molecule has 0 fully saturated rings. The van der Waals surface area contributed by atoms with Crippen LogP contribution in [-0.4, -0.2) is 5.24 Å². The molecule has 1 aromatic heterocycles. The van der Waals surface area contributed by atoms with Crippen molar-refractivity contribution in [1.29, 1.82) is 0 Å². The Hall–Kier alpha value is -0.860. The third-order valence-electron chi connectivity index (χ3n) is 1.62. The lowest BCUT2D eigenvalue weighted by molar-refractivity contribution is 0.108. The molecule has 0 aliphatic rings. The largest absolute Gasteiger partial charge is 0.275 e. The van der Waals surface area contributed by atoms with E-state index in [0.29, 0.717) is 4.88 Å². The second kappa shape index (κ2) is 5.13. The first-order valence-corrected chi connectivity index (χ1v) is 5.65. The topological polar surface area (TPSA) is 17.1 Å². The van der Waals surface area contributed by atoms with Crippen molar-refractivity contribution in [3.05, 3.63) is 35.2 Å². The van der Waals surface area contributed by atoms with Crippen molar-refractivity contribution in [1.82, 2.24) is 0 Å². The van der Waals surface area contributed by atoms with Crippen LogP contribution >= 0.6 is 22.9 Å². The first-order valence-electron chi connectivity index (χ1n) is 4.46. The van der Waals surface area contributed by atoms with Gasteiger partial charge < -0.3 is 0 Å². The van der Waals surface area contributed by atoms with E-state index in [9.17, 15) is 4.79 Å². The Bertz CT molecular complexity index is 401. The van der Waals surface area contributed by atoms with Gasteiger partial charge in [-0.3, -0.25) is 4.79 Å². The summed E-state index contributed by atoms with van der Waals surface area (Å²) < 4.78 is 1.10. The zero-order chi connectivity index (χ0) is 10.6. The smallest absolute Gasteiger partial charge is 0.262 e. The Morgan fingerprint density at radius 3 is 2.50 bits per heavy atom. The molecule has 0 saturated carbocycles. The molecule has 74 valence electrons. The molecule has 1 nitrogen and oxygen atoms in total. The molecule has 1 aromatic carbocycles. The fraction of sp³-hybridized carbons (Fsp3) is 0.182. The van der Waals surface area contributed by atoms with Gasteiger partial charge in [-0.15, -0.1) is 11.3 Å². The number of carbonyl (C=O) groups excluding carboxylic acids is 1. The third kappa shape index (κ3) is 2.34. The van der Waals surface area contributed by atoms with Crippen LogP contribution in [0.3, 0.4) is 0 Å². The van der Waals surface area contributed by atoms with Crippen LogP contribution in [0.4, 0.5) is 0 Å². The maximum atomic E-state index is 10.8. The molecule has 0 unspecified atom stereocenters. The Kier molecular flexibility index (Phi) is 4.11. The molecule has 0 amide bonds. The maximum Gasteiger partial charge on any atom is 0.262 e. The van der Waals surface area contributed by atoms with Crippen molar-refractivity contribution < 1.29 is 4.79 Å². The van der Waals surface area contributed by atoms with Crippen LogP contribution in [0.5, 0.6) is 0 Å². The number of hydrogen-bond donors (Lipinski definition) is 0. The number of rotatable bonds is 1. The van der Waals surface area contributed by atoms with E-state index in [4.69, 9.17) is 11.6 Å². The third-order valence-corrected chi connectivity index (χ3v) is 3.05. The molecule has 3 heteroatoms. The van der Waals surface area contributed by atoms with Crippen molar-refractivity contribution in [2.24, 2.45) is 0 Å². The summed E-state index contributed by atoms with van der Waals surface area (Å²) in [6.07, 6.45) is 0. The average Bonchev–Trinajstić information content (AvgIpc) is 2.64. The Labute approximate surface area is 92.3 Å². The van der Waals surface area contributed by atoms with Crippen LogP contribution in [0.15, 0.2) is 30.3 Å². The van der Waals surface area contributed by atoms with Gasteiger partial charge in [-0.2, -0.15) is 0 Å². The van der Waals surface area contributed by atoms with Gasteiger partial charge in [0.2, 0.25) is 0 Å². The predicted octanol–water partition coefficient (Wildman–Crippen LogP) is 4.31. The molecule has 0 bridgehead atoms. The van der Waals surface area contributed by atoms with Gasteiger partial charge in [0.25, 0.3) is 5.24 Å². The quantitative estimate of drug-likeness (QED) is 0.663. The summed E-state index contributed by atoms with van der Waals surface area (Å²) in [5, 5.41) is 0.697. The Balaban J connectivity index is 0.000000461. The Morgan fingerprint density at radius 2 is 1.93 bits per heavy atom. The van der Waals surface area contributed by atoms with Crippen molar-refractivity contribution in [3.8, 4) is 0 Å². The van der Waals surface area contributed by atoms with Crippen LogP contribution in [0, 0.1) is 0 Å². The van der Waals surface area contributed by atoms with E-state index in [1.165, 1.54) is 11.3 Å². The molecule has 0 aliphatic carbocycles. The maximum absolute atomic E-state index is 10.8. The Morgan fingerprint density at radius 1 is 1.29 bits per heavy atom. The summed E-state index contributed by atoms with van der Waals surface area (Å²) in [6, 6.07) is 9.65. The number of fused-ring (bicyclic) bond motifs is 1. The highest BCUT2D eigenvalue weighted by atomic mass is 35.5. The van der Waals surface area contributed by atoms with Gasteiger partial charge in [-0.1, -0.05) is 32.0 Å². The number of hydrogen-bond acceptors (Lipinski definition) is 2. The predicted molar refractivity (Wildman–Crippen MR) is 63.4 cm³/mol. The van der Waals surface area contributed by atoms with E-state index >= 15 is 0 Å². The number of benzene rings is 1. The normalized spacial score (nSPS) is 9.36. The zero-order valence-corrected chi connectivity index (χ0v) is 9.65. The summed E-state index contributed by atoms with van der Waals surface area (Å²) in [7, 11) is 0. The van der Waals surface area contributed by atoms with Gasteiger partial charge in [0.15, 0.2) is 0 Å². The highest BCUT2D eigenvalue weighted by molar-refractivity contribution is 7.22. The molecule has 2 rings (SSSR count). The lowest BCUT2D eigenvalue weighted by Gasteiger charge is -1.82. The molecule has 14 heavy (non-hydrogen) atoms. The minimum absolute atomic E-state index is 0.379. The monoisotopic (exact) mass is 226 g/mol. The molecular weight excluding hydrogens is 216 g/mol. The fourth-order valence-corrected chi connectivity index (χ4v) is 2.14. The SMILES string of the molecule is CC.O=C(Cl)c1cc2ccccc2s1. The number of halogens is 1. The summed E-state index contributed by atoms with van der Waals surface area (Å²) in [6.45, 7) is 4.00. The summed E-state index contributed by atoms with van der Waals surface area (Å²) >= 11 is 6.77. The van der Waals surface area contributed by atoms with Gasteiger partial charge in [0.05, 0.1) is 4.88 Å². The van der Waals surface area contributed by atoms with Crippen LogP contribution < -0.4 is 0 Å². The second-order valence-electron chi connectivity index (χ2n) is 2.42. The lowest BCUT2D eigenvalue weighted by atomic mass is 10.2. The summed E-state index contributed by atoms with van der Waals surface area (Å²) in [5.41, 5.74) is 0. The highest BCUT2D eigenvalue weighted by Crippen LogP contribution is 2.25. The van der Waals surface area contributed by atoms with Crippen molar-refractivity contribution in [2.45, 2.75) is 13.8 Å². The fourth-order valence-electron chi connectivity index (χ4n) is 1.08. The molecule has 0 N–H and O–H groups in total. The summed E-state index contributed by atoms with van der Waals surface area (Å²) in [4.78, 5) is 11.4. The molecule has 0 radical (unpaired) electrons. The highest BCUT2D eigenvalue weighted by Gasteiger charge is 2.05. The van der Waals surface area contributed by atoms with E-state index in [2.05, 4.69) is 0 Å². The molecule has 0 saturated heterocycles. The zero-order valence-electron chi connectivity index (χ0n) is 8.08. The first kappa shape index (κ1) is 11.2. The van der Waals surface area contributed by atoms with Gasteiger partial charge >= 0.3 is 0 Å². The van der Waals surface area contributed by atoms with Gasteiger partial charge in [-0.05, 0) is 29.1 Å². The van der Waals surface area contributed by atoms with Gasteiger partial charge in [0, 0.05) is 4.70 Å². The molecule has 0 atom stereocenters. The van der Waals surface area contributed by atoms with Crippen LogP contribution in [0.1, 0.15) is 23.5 Å². The molecule has 2 aromatic rings. The molecule has 1 heterocycles. The minimum Gasteiger partial charge on any atom is -0.275 e. The van der Waals surface area contributed by atoms with Crippen molar-refractivity contribution in [2.75, 3.05) is 0 Å². The average molecular weight is 227 g/mol. The number of carbonyl (C=O) groups is 1. The number of thiophene rings is 1. The van der Waals surface area contributed by atoms with Gasteiger partial charge in [0.1, 0.15) is 0 Å². The van der Waals surface area contributed by atoms with Gasteiger partial charge in [-0.25, -0.2) is 0 Å². The molecule has 0 aliphatic heterocycles.